The van der Waals surface area contributed by atoms with Crippen molar-refractivity contribution in [2.24, 2.45) is 0 Å². The Morgan fingerprint density at radius 3 is 2.26 bits per heavy atom. The first-order valence-electron chi connectivity index (χ1n) is 9.85. The van der Waals surface area contributed by atoms with Crippen LogP contribution in [0.2, 0.25) is 0 Å². The molecule has 6 nitrogen and oxygen atoms in total. The van der Waals surface area contributed by atoms with E-state index in [1.165, 1.54) is 28.8 Å². The Balaban J connectivity index is 1.77. The van der Waals surface area contributed by atoms with Crippen molar-refractivity contribution in [2.75, 3.05) is 19.4 Å². The summed E-state index contributed by atoms with van der Waals surface area (Å²) in [5.41, 5.74) is 2.07. The Hall–Kier alpha value is -3.74. The van der Waals surface area contributed by atoms with Crippen molar-refractivity contribution in [3.05, 3.63) is 93.7 Å². The molecule has 1 heterocycles. The largest absolute Gasteiger partial charge is 0.349 e. The topological polar surface area (TPSA) is 71.4 Å². The van der Waals surface area contributed by atoms with Crippen LogP contribution in [0.4, 0.5) is 10.1 Å². The predicted octanol–water partition coefficient (Wildman–Crippen LogP) is 3.56. The number of aromatic nitrogens is 1. The van der Waals surface area contributed by atoms with Crippen LogP contribution in [0.5, 0.6) is 0 Å². The smallest absolute Gasteiger partial charge is 0.268 e. The average Bonchev–Trinajstić information content (AvgIpc) is 2.74. The monoisotopic (exact) mass is 421 g/mol. The lowest BCUT2D eigenvalue weighted by Gasteiger charge is -2.12. The van der Waals surface area contributed by atoms with Gasteiger partial charge in [-0.3, -0.25) is 19.0 Å². The lowest BCUT2D eigenvalue weighted by Crippen LogP contribution is -2.29. The number of benzene rings is 2. The number of rotatable bonds is 6. The minimum Gasteiger partial charge on any atom is -0.349 e. The number of hydrogen-bond donors (Lipinski definition) is 1. The molecule has 0 aliphatic heterocycles. The van der Waals surface area contributed by atoms with E-state index < -0.39 is 17.3 Å². The summed E-state index contributed by atoms with van der Waals surface area (Å²) < 4.78 is 14.5. The molecule has 2 amide bonds. The van der Waals surface area contributed by atoms with Crippen LogP contribution < -0.4 is 10.9 Å². The molecule has 0 aliphatic carbocycles. The normalized spacial score (nSPS) is 10.6. The molecule has 0 atom stereocenters. The summed E-state index contributed by atoms with van der Waals surface area (Å²) in [6.07, 6.45) is 2.57. The van der Waals surface area contributed by atoms with Crippen molar-refractivity contribution >= 4 is 17.5 Å². The van der Waals surface area contributed by atoms with Crippen LogP contribution in [0.3, 0.4) is 0 Å². The van der Waals surface area contributed by atoms with E-state index in [9.17, 15) is 18.8 Å². The second-order valence-electron chi connectivity index (χ2n) is 7.46. The van der Waals surface area contributed by atoms with E-state index in [-0.39, 0.29) is 11.5 Å². The second kappa shape index (κ2) is 9.38. The number of anilines is 1. The molecule has 0 radical (unpaired) electrons. The number of hydrogen-bond acceptors (Lipinski definition) is 3. The number of aryl methyl sites for hydroxylation is 2. The minimum atomic E-state index is -0.519. The Bertz CT molecular complexity index is 1150. The molecule has 0 spiro atoms. The summed E-state index contributed by atoms with van der Waals surface area (Å²) in [5.74, 6) is -0.875. The quantitative estimate of drug-likeness (QED) is 0.662. The number of pyridine rings is 1. The average molecular weight is 421 g/mol. The summed E-state index contributed by atoms with van der Waals surface area (Å²) in [6, 6.07) is 14.3. The Kier molecular flexibility index (Phi) is 6.65. The highest BCUT2D eigenvalue weighted by Gasteiger charge is 2.17. The standard InChI is InChI=1S/C24H24FN3O3/c1-16-14-15-28(20-11-7-18(25)8-12-20)24(31)22(16)23(30)26-19-9-4-17(5-10-19)6-13-21(29)27(2)3/h4-5,7-12,14-15H,6,13H2,1-3H3,(H,26,30). The van der Waals surface area contributed by atoms with Gasteiger partial charge in [-0.15, -0.1) is 0 Å². The molecule has 2 aromatic carbocycles. The van der Waals surface area contributed by atoms with Crippen molar-refractivity contribution < 1.29 is 14.0 Å². The van der Waals surface area contributed by atoms with Crippen LogP contribution in [-0.4, -0.2) is 35.4 Å². The van der Waals surface area contributed by atoms with E-state index in [0.29, 0.717) is 29.8 Å². The summed E-state index contributed by atoms with van der Waals surface area (Å²) in [7, 11) is 3.44. The van der Waals surface area contributed by atoms with Gasteiger partial charge in [0.15, 0.2) is 0 Å². The molecule has 0 bridgehead atoms. The van der Waals surface area contributed by atoms with Crippen molar-refractivity contribution in [1.29, 1.82) is 0 Å². The van der Waals surface area contributed by atoms with Crippen LogP contribution in [-0.2, 0) is 11.2 Å². The Morgan fingerprint density at radius 2 is 1.65 bits per heavy atom. The van der Waals surface area contributed by atoms with Crippen LogP contribution in [0.1, 0.15) is 27.9 Å². The molecule has 3 aromatic rings. The zero-order valence-corrected chi connectivity index (χ0v) is 17.7. The lowest BCUT2D eigenvalue weighted by molar-refractivity contribution is -0.128. The third kappa shape index (κ3) is 5.25. The maximum atomic E-state index is 13.2. The minimum absolute atomic E-state index is 0.0208. The van der Waals surface area contributed by atoms with Crippen molar-refractivity contribution in [2.45, 2.75) is 19.8 Å². The van der Waals surface area contributed by atoms with Gasteiger partial charge in [0.25, 0.3) is 11.5 Å². The number of halogens is 1. The molecule has 0 aliphatic rings. The first-order chi connectivity index (χ1) is 14.8. The highest BCUT2D eigenvalue weighted by molar-refractivity contribution is 6.05. The van der Waals surface area contributed by atoms with Gasteiger partial charge >= 0.3 is 0 Å². The van der Waals surface area contributed by atoms with Crippen LogP contribution in [0, 0.1) is 12.7 Å². The maximum Gasteiger partial charge on any atom is 0.268 e. The number of nitrogens with one attached hydrogen (secondary N) is 1. The number of carbonyl (C=O) groups is 2. The summed E-state index contributed by atoms with van der Waals surface area (Å²) in [5, 5.41) is 2.75. The molecule has 1 N–H and O–H groups in total. The van der Waals surface area contributed by atoms with Crippen LogP contribution >= 0.6 is 0 Å². The van der Waals surface area contributed by atoms with Gasteiger partial charge in [-0.05, 0) is 66.9 Å². The van der Waals surface area contributed by atoms with Gasteiger partial charge in [0.1, 0.15) is 11.4 Å². The molecule has 3 rings (SSSR count). The van der Waals surface area contributed by atoms with Gasteiger partial charge in [-0.1, -0.05) is 12.1 Å². The SMILES string of the molecule is Cc1ccn(-c2ccc(F)cc2)c(=O)c1C(=O)Nc1ccc(CCC(=O)N(C)C)cc1. The van der Waals surface area contributed by atoms with E-state index >= 15 is 0 Å². The van der Waals surface area contributed by atoms with E-state index in [1.807, 2.05) is 12.1 Å². The Morgan fingerprint density at radius 1 is 1.00 bits per heavy atom. The van der Waals surface area contributed by atoms with Gasteiger partial charge in [-0.2, -0.15) is 0 Å². The highest BCUT2D eigenvalue weighted by atomic mass is 19.1. The fourth-order valence-corrected chi connectivity index (χ4v) is 3.13. The number of amides is 2. The predicted molar refractivity (Wildman–Crippen MR) is 118 cm³/mol. The Labute approximate surface area is 179 Å². The highest BCUT2D eigenvalue weighted by Crippen LogP contribution is 2.14. The van der Waals surface area contributed by atoms with Gasteiger partial charge in [-0.25, -0.2) is 4.39 Å². The fraction of sp³-hybridized carbons (Fsp3) is 0.208. The molecular formula is C24H24FN3O3. The fourth-order valence-electron chi connectivity index (χ4n) is 3.13. The van der Waals surface area contributed by atoms with E-state index in [4.69, 9.17) is 0 Å². The van der Waals surface area contributed by atoms with Gasteiger partial charge in [0.2, 0.25) is 5.91 Å². The number of carbonyl (C=O) groups excluding carboxylic acids is 2. The van der Waals surface area contributed by atoms with Gasteiger partial charge in [0.05, 0.1) is 0 Å². The van der Waals surface area contributed by atoms with Crippen LogP contribution in [0.15, 0.2) is 65.6 Å². The molecule has 160 valence electrons. The summed E-state index contributed by atoms with van der Waals surface area (Å²) in [6.45, 7) is 1.69. The van der Waals surface area contributed by atoms with Crippen molar-refractivity contribution in [3.63, 3.8) is 0 Å². The zero-order valence-electron chi connectivity index (χ0n) is 17.7. The van der Waals surface area contributed by atoms with Gasteiger partial charge < -0.3 is 10.2 Å². The first kappa shape index (κ1) is 22.0. The molecule has 0 saturated carbocycles. The molecule has 7 heteroatoms. The van der Waals surface area contributed by atoms with E-state index in [0.717, 1.165) is 5.56 Å². The molecule has 0 saturated heterocycles. The second-order valence-corrected chi connectivity index (χ2v) is 7.46. The molecular weight excluding hydrogens is 397 g/mol. The van der Waals surface area contributed by atoms with E-state index in [2.05, 4.69) is 5.32 Å². The zero-order chi connectivity index (χ0) is 22.5. The summed E-state index contributed by atoms with van der Waals surface area (Å²) in [4.78, 5) is 39.0. The van der Waals surface area contributed by atoms with Gasteiger partial charge in [0, 0.05) is 38.1 Å². The van der Waals surface area contributed by atoms with Crippen LogP contribution in [0.25, 0.3) is 5.69 Å². The molecule has 1 aromatic heterocycles. The summed E-state index contributed by atoms with van der Waals surface area (Å²) >= 11 is 0. The molecule has 0 fully saturated rings. The molecule has 0 unspecified atom stereocenters. The maximum absolute atomic E-state index is 13.2. The van der Waals surface area contributed by atoms with E-state index in [1.54, 1.807) is 50.3 Å². The third-order valence-electron chi connectivity index (χ3n) is 4.97. The van der Waals surface area contributed by atoms with Crippen molar-refractivity contribution in [3.8, 4) is 5.69 Å². The molecule has 31 heavy (non-hydrogen) atoms. The number of nitrogens with zero attached hydrogens (tertiary/aromatic N) is 2. The third-order valence-corrected chi connectivity index (χ3v) is 4.97. The first-order valence-corrected chi connectivity index (χ1v) is 9.85. The van der Waals surface area contributed by atoms with Crippen molar-refractivity contribution in [1.82, 2.24) is 9.47 Å². The lowest BCUT2D eigenvalue weighted by atomic mass is 10.1.